The van der Waals surface area contributed by atoms with E-state index in [0.717, 1.165) is 13.3 Å². The van der Waals surface area contributed by atoms with E-state index in [0.29, 0.717) is 13.0 Å². The summed E-state index contributed by atoms with van der Waals surface area (Å²) in [4.78, 5) is 9.08. The number of aromatic nitrogens is 1. The Morgan fingerprint density at radius 3 is 2.86 bits per heavy atom. The fourth-order valence-corrected chi connectivity index (χ4v) is 3.09. The van der Waals surface area contributed by atoms with Crippen molar-refractivity contribution >= 4 is 29.5 Å². The van der Waals surface area contributed by atoms with Crippen LogP contribution in [0.5, 0.6) is 0 Å². The van der Waals surface area contributed by atoms with Gasteiger partial charge in [0.25, 0.3) is 0 Å². The zero-order chi connectivity index (χ0) is 20.9. The molecule has 0 bridgehead atoms. The van der Waals surface area contributed by atoms with Crippen LogP contribution in [-0.4, -0.2) is 81.0 Å². The molecule has 2 heterocycles. The highest BCUT2D eigenvalue weighted by Gasteiger charge is 2.39. The number of halogens is 2. The molecule has 156 valence electrons. The van der Waals surface area contributed by atoms with Gasteiger partial charge in [-0.3, -0.25) is 0 Å². The molecular formula is C16H22ClFN4O6. The van der Waals surface area contributed by atoms with Crippen molar-refractivity contribution < 1.29 is 34.4 Å². The minimum atomic E-state index is -2.21. The van der Waals surface area contributed by atoms with Crippen LogP contribution >= 0.6 is 11.6 Å². The van der Waals surface area contributed by atoms with Gasteiger partial charge in [0, 0.05) is 13.2 Å². The van der Waals surface area contributed by atoms with Gasteiger partial charge in [0.1, 0.15) is 11.7 Å². The van der Waals surface area contributed by atoms with Gasteiger partial charge in [0.05, 0.1) is 17.9 Å². The Bertz CT molecular complexity index is 756. The molecule has 1 aromatic rings. The molecule has 1 aromatic heterocycles. The molecule has 0 spiro atoms. The largest absolute Gasteiger partial charge is 0.457 e. The minimum absolute atomic E-state index is 0.0293. The van der Waals surface area contributed by atoms with E-state index in [1.807, 2.05) is 0 Å². The zero-order valence-electron chi connectivity index (χ0n) is 15.3. The van der Waals surface area contributed by atoms with Crippen molar-refractivity contribution in [2.24, 2.45) is 10.1 Å². The molecule has 10 nitrogen and oxygen atoms in total. The summed E-state index contributed by atoms with van der Waals surface area (Å²) in [5.41, 5.74) is -0.199. The number of aliphatic imine (C=N–C) groups is 1. The summed E-state index contributed by atoms with van der Waals surface area (Å²) in [6.07, 6.45) is 1.29. The van der Waals surface area contributed by atoms with Crippen molar-refractivity contribution in [1.29, 1.82) is 0 Å². The monoisotopic (exact) mass is 420 g/mol. The van der Waals surface area contributed by atoms with E-state index in [1.54, 1.807) is 0 Å². The van der Waals surface area contributed by atoms with Gasteiger partial charge < -0.3 is 34.9 Å². The molecule has 0 radical (unpaired) electrons. The lowest BCUT2D eigenvalue weighted by atomic mass is 10.0. The van der Waals surface area contributed by atoms with Gasteiger partial charge >= 0.3 is 0 Å². The van der Waals surface area contributed by atoms with Crippen molar-refractivity contribution in [2.75, 3.05) is 26.6 Å². The Morgan fingerprint density at radius 1 is 1.54 bits per heavy atom. The van der Waals surface area contributed by atoms with Gasteiger partial charge in [-0.15, -0.1) is 0 Å². The van der Waals surface area contributed by atoms with Crippen molar-refractivity contribution in [3.8, 4) is 0 Å². The van der Waals surface area contributed by atoms with Crippen molar-refractivity contribution in [3.63, 3.8) is 0 Å². The molecule has 0 aromatic carbocycles. The zero-order valence-corrected chi connectivity index (χ0v) is 16.1. The first-order chi connectivity index (χ1) is 13.2. The van der Waals surface area contributed by atoms with E-state index in [-0.39, 0.29) is 35.9 Å². The number of aryl methyl sites for hydroxylation is 1. The standard InChI is InChI=1S/C16H22ClFN4O6/c1-9-11(13(19-7-28-8-23)12(18)14(17)20-9)15(21-26)22-4-3-5-27-6-10(22)16(2,24)25/h7,10,23-26H,3-6,8H2,1-2H3/b19-7?,21-15-. The van der Waals surface area contributed by atoms with Crippen molar-refractivity contribution in [1.82, 2.24) is 9.88 Å². The SMILES string of the molecule is Cc1nc(Cl)c(F)c(N=COCO)c1/C(=N/O)N1CCCOCC1C(C)(O)O. The van der Waals surface area contributed by atoms with Crippen LogP contribution in [0.1, 0.15) is 24.6 Å². The van der Waals surface area contributed by atoms with E-state index in [2.05, 4.69) is 19.9 Å². The van der Waals surface area contributed by atoms with Gasteiger partial charge in [-0.2, -0.15) is 0 Å². The van der Waals surface area contributed by atoms with E-state index >= 15 is 0 Å². The number of pyridine rings is 1. The molecule has 1 unspecified atom stereocenters. The molecule has 0 saturated carbocycles. The maximum Gasteiger partial charge on any atom is 0.187 e. The van der Waals surface area contributed by atoms with Gasteiger partial charge in [-0.1, -0.05) is 16.8 Å². The quantitative estimate of drug-likeness (QED) is 0.136. The molecule has 1 aliphatic heterocycles. The highest BCUT2D eigenvalue weighted by molar-refractivity contribution is 6.30. The topological polar surface area (TPSA) is 140 Å². The Morgan fingerprint density at radius 2 is 2.25 bits per heavy atom. The average molecular weight is 421 g/mol. The van der Waals surface area contributed by atoms with Crippen LogP contribution in [0.4, 0.5) is 10.1 Å². The third-order valence-electron chi connectivity index (χ3n) is 4.15. The average Bonchev–Trinajstić information content (AvgIpc) is 2.88. The van der Waals surface area contributed by atoms with Gasteiger partial charge in [-0.25, -0.2) is 14.4 Å². The first kappa shape index (κ1) is 22.2. The van der Waals surface area contributed by atoms with Crippen molar-refractivity contribution in [2.45, 2.75) is 32.1 Å². The number of aliphatic hydroxyl groups excluding tert-OH is 1. The molecule has 1 aliphatic rings. The molecule has 4 N–H and O–H groups in total. The maximum atomic E-state index is 14.6. The van der Waals surface area contributed by atoms with Crippen LogP contribution in [0.25, 0.3) is 0 Å². The Balaban J connectivity index is 2.63. The number of amidine groups is 1. The molecule has 1 saturated heterocycles. The summed E-state index contributed by atoms with van der Waals surface area (Å²) in [6, 6.07) is -1.02. The van der Waals surface area contributed by atoms with Gasteiger partial charge in [0.15, 0.2) is 35.8 Å². The lowest BCUT2D eigenvalue weighted by Crippen LogP contribution is -2.55. The number of ether oxygens (including phenoxy) is 2. The summed E-state index contributed by atoms with van der Waals surface area (Å²) in [7, 11) is 0. The number of nitrogens with zero attached hydrogens (tertiary/aromatic N) is 4. The van der Waals surface area contributed by atoms with Crippen LogP contribution in [0, 0.1) is 12.7 Å². The van der Waals surface area contributed by atoms with Gasteiger partial charge in [-0.05, 0) is 20.3 Å². The van der Waals surface area contributed by atoms with E-state index in [4.69, 9.17) is 21.4 Å². The van der Waals surface area contributed by atoms with Gasteiger partial charge in [0.2, 0.25) is 0 Å². The molecule has 28 heavy (non-hydrogen) atoms. The van der Waals surface area contributed by atoms with Crippen LogP contribution in [0.2, 0.25) is 5.15 Å². The third-order valence-corrected chi connectivity index (χ3v) is 4.40. The summed E-state index contributed by atoms with van der Waals surface area (Å²) in [6.45, 7) is 2.48. The Labute approximate surface area is 165 Å². The molecule has 0 amide bonds. The highest BCUT2D eigenvalue weighted by atomic mass is 35.5. The van der Waals surface area contributed by atoms with Crippen molar-refractivity contribution in [3.05, 3.63) is 22.2 Å². The normalized spacial score (nSPS) is 19.2. The fraction of sp³-hybridized carbons (Fsp3) is 0.562. The summed E-state index contributed by atoms with van der Waals surface area (Å²) < 4.78 is 24.6. The smallest absolute Gasteiger partial charge is 0.187 e. The fourth-order valence-electron chi connectivity index (χ4n) is 2.88. The predicted octanol–water partition coefficient (Wildman–Crippen LogP) is 0.736. The highest BCUT2D eigenvalue weighted by Crippen LogP contribution is 2.32. The second kappa shape index (κ2) is 9.43. The van der Waals surface area contributed by atoms with E-state index in [9.17, 15) is 19.8 Å². The molecule has 2 rings (SSSR count). The minimum Gasteiger partial charge on any atom is -0.457 e. The number of hydrogen-bond acceptors (Lipinski definition) is 9. The van der Waals surface area contributed by atoms with Crippen LogP contribution < -0.4 is 0 Å². The maximum absolute atomic E-state index is 14.6. The molecular weight excluding hydrogens is 399 g/mol. The molecule has 1 atom stereocenters. The molecule has 0 aliphatic carbocycles. The Hall–Kier alpha value is -2.05. The molecule has 12 heteroatoms. The second-order valence-corrected chi connectivity index (χ2v) is 6.57. The summed E-state index contributed by atoms with van der Waals surface area (Å²) >= 11 is 5.80. The van der Waals surface area contributed by atoms with Crippen LogP contribution in [0.3, 0.4) is 0 Å². The van der Waals surface area contributed by atoms with E-state index in [1.165, 1.54) is 11.8 Å². The lowest BCUT2D eigenvalue weighted by molar-refractivity contribution is -0.191. The number of hydrogen-bond donors (Lipinski definition) is 4. The third kappa shape index (κ3) is 4.86. The first-order valence-electron chi connectivity index (χ1n) is 8.34. The lowest BCUT2D eigenvalue weighted by Gasteiger charge is -2.37. The van der Waals surface area contributed by atoms with E-state index < -0.39 is 29.6 Å². The summed E-state index contributed by atoms with van der Waals surface area (Å²) in [5.74, 6) is -3.41. The first-order valence-corrected chi connectivity index (χ1v) is 8.72. The Kier molecular flexibility index (Phi) is 7.49. The number of rotatable bonds is 5. The predicted molar refractivity (Wildman–Crippen MR) is 97.4 cm³/mol. The number of aliphatic hydroxyl groups is 3. The second-order valence-electron chi connectivity index (χ2n) is 6.21. The number of oxime groups is 1. The van der Waals surface area contributed by atoms with Crippen LogP contribution in [-0.2, 0) is 9.47 Å². The summed E-state index contributed by atoms with van der Waals surface area (Å²) in [5, 5.41) is 41.5. The van der Waals surface area contributed by atoms with Crippen LogP contribution in [0.15, 0.2) is 10.1 Å². The molecule has 1 fully saturated rings.